The average Bonchev–Trinajstić information content (AvgIpc) is 2.24. The van der Waals surface area contributed by atoms with Gasteiger partial charge in [0.2, 0.25) is 0 Å². The summed E-state index contributed by atoms with van der Waals surface area (Å²) >= 11 is 5.86. The SMILES string of the molecule is CCCNC(=O)c1cc(S(C)(=O)=O)ccc1Cl. The van der Waals surface area contributed by atoms with E-state index in [1.807, 2.05) is 6.92 Å². The van der Waals surface area contributed by atoms with Crippen LogP contribution in [0.3, 0.4) is 0 Å². The molecule has 1 aromatic carbocycles. The molecule has 17 heavy (non-hydrogen) atoms. The second-order valence-corrected chi connectivity index (χ2v) is 6.09. The molecule has 0 heterocycles. The topological polar surface area (TPSA) is 63.2 Å². The van der Waals surface area contributed by atoms with Crippen molar-refractivity contribution in [2.24, 2.45) is 0 Å². The van der Waals surface area contributed by atoms with E-state index < -0.39 is 9.84 Å². The van der Waals surface area contributed by atoms with Gasteiger partial charge >= 0.3 is 0 Å². The van der Waals surface area contributed by atoms with E-state index in [1.165, 1.54) is 18.2 Å². The fraction of sp³-hybridized carbons (Fsp3) is 0.364. The summed E-state index contributed by atoms with van der Waals surface area (Å²) in [5.74, 6) is -0.359. The van der Waals surface area contributed by atoms with Gasteiger partial charge in [0.25, 0.3) is 5.91 Å². The predicted octanol–water partition coefficient (Wildman–Crippen LogP) is 1.88. The van der Waals surface area contributed by atoms with Crippen molar-refractivity contribution in [1.82, 2.24) is 5.32 Å². The van der Waals surface area contributed by atoms with Crippen LogP contribution in [0.1, 0.15) is 23.7 Å². The minimum atomic E-state index is -3.33. The van der Waals surface area contributed by atoms with Gasteiger partial charge in [-0.15, -0.1) is 0 Å². The van der Waals surface area contributed by atoms with Crippen LogP contribution in [0.15, 0.2) is 23.1 Å². The fourth-order valence-corrected chi connectivity index (χ4v) is 2.09. The van der Waals surface area contributed by atoms with Crippen molar-refractivity contribution in [2.75, 3.05) is 12.8 Å². The van der Waals surface area contributed by atoms with Crippen molar-refractivity contribution in [3.63, 3.8) is 0 Å². The van der Waals surface area contributed by atoms with Gasteiger partial charge in [0, 0.05) is 12.8 Å². The molecule has 1 rings (SSSR count). The molecule has 0 saturated carbocycles. The Labute approximate surface area is 106 Å². The first-order valence-electron chi connectivity index (χ1n) is 5.14. The van der Waals surface area contributed by atoms with Crippen LogP contribution in [0.5, 0.6) is 0 Å². The smallest absolute Gasteiger partial charge is 0.252 e. The van der Waals surface area contributed by atoms with E-state index in [0.717, 1.165) is 12.7 Å². The molecular weight excluding hydrogens is 262 g/mol. The Hall–Kier alpha value is -1.07. The van der Waals surface area contributed by atoms with E-state index in [1.54, 1.807) is 0 Å². The van der Waals surface area contributed by atoms with Crippen LogP contribution in [0, 0.1) is 0 Å². The number of carbonyl (C=O) groups is 1. The highest BCUT2D eigenvalue weighted by molar-refractivity contribution is 7.90. The van der Waals surface area contributed by atoms with Gasteiger partial charge in [-0.25, -0.2) is 8.42 Å². The van der Waals surface area contributed by atoms with Crippen molar-refractivity contribution in [2.45, 2.75) is 18.2 Å². The Morgan fingerprint density at radius 3 is 2.59 bits per heavy atom. The first-order chi connectivity index (χ1) is 7.86. The molecule has 0 unspecified atom stereocenters. The lowest BCUT2D eigenvalue weighted by molar-refractivity contribution is 0.0953. The van der Waals surface area contributed by atoms with E-state index in [4.69, 9.17) is 11.6 Å². The summed E-state index contributed by atoms with van der Waals surface area (Å²) in [7, 11) is -3.33. The highest BCUT2D eigenvalue weighted by Crippen LogP contribution is 2.20. The van der Waals surface area contributed by atoms with Gasteiger partial charge < -0.3 is 5.32 Å². The maximum absolute atomic E-state index is 11.7. The van der Waals surface area contributed by atoms with E-state index >= 15 is 0 Å². The fourth-order valence-electron chi connectivity index (χ4n) is 1.24. The van der Waals surface area contributed by atoms with Gasteiger partial charge in [0.1, 0.15) is 0 Å². The lowest BCUT2D eigenvalue weighted by atomic mass is 10.2. The normalized spacial score (nSPS) is 11.2. The molecule has 0 bridgehead atoms. The number of halogens is 1. The zero-order valence-corrected chi connectivity index (χ0v) is 11.2. The van der Waals surface area contributed by atoms with Crippen LogP contribution < -0.4 is 5.32 Å². The Balaban J connectivity index is 3.11. The lowest BCUT2D eigenvalue weighted by Gasteiger charge is -2.07. The molecule has 4 nitrogen and oxygen atoms in total. The van der Waals surface area contributed by atoms with Crippen LogP contribution >= 0.6 is 11.6 Å². The molecule has 0 aromatic heterocycles. The summed E-state index contributed by atoms with van der Waals surface area (Å²) < 4.78 is 22.7. The first-order valence-corrected chi connectivity index (χ1v) is 7.41. The van der Waals surface area contributed by atoms with Gasteiger partial charge in [0.15, 0.2) is 9.84 Å². The third kappa shape index (κ3) is 3.71. The summed E-state index contributed by atoms with van der Waals surface area (Å²) in [6, 6.07) is 4.09. The molecule has 0 radical (unpaired) electrons. The second kappa shape index (κ2) is 5.51. The number of amides is 1. The summed E-state index contributed by atoms with van der Waals surface area (Å²) in [6.45, 7) is 2.45. The van der Waals surface area contributed by atoms with Crippen LogP contribution in [0.4, 0.5) is 0 Å². The molecule has 1 aromatic rings. The Morgan fingerprint density at radius 2 is 2.06 bits per heavy atom. The minimum absolute atomic E-state index is 0.0866. The standard InChI is InChI=1S/C11H14ClNO3S/c1-3-6-13-11(14)9-7-8(17(2,15)16)4-5-10(9)12/h4-5,7H,3,6H2,1-2H3,(H,13,14). The number of rotatable bonds is 4. The summed E-state index contributed by atoms with van der Waals surface area (Å²) in [4.78, 5) is 11.8. The Bertz CT molecular complexity index is 526. The van der Waals surface area contributed by atoms with Crippen molar-refractivity contribution in [1.29, 1.82) is 0 Å². The number of carbonyl (C=O) groups excluding carboxylic acids is 1. The average molecular weight is 276 g/mol. The highest BCUT2D eigenvalue weighted by Gasteiger charge is 2.14. The molecule has 1 amide bonds. The van der Waals surface area contributed by atoms with Crippen LogP contribution in [-0.4, -0.2) is 27.1 Å². The van der Waals surface area contributed by atoms with Gasteiger partial charge in [-0.3, -0.25) is 4.79 Å². The molecule has 94 valence electrons. The molecular formula is C11H14ClNO3S. The molecule has 0 aliphatic heterocycles. The monoisotopic (exact) mass is 275 g/mol. The predicted molar refractivity (Wildman–Crippen MR) is 67.2 cm³/mol. The van der Waals surface area contributed by atoms with Crippen molar-refractivity contribution >= 4 is 27.3 Å². The van der Waals surface area contributed by atoms with Gasteiger partial charge in [-0.1, -0.05) is 18.5 Å². The van der Waals surface area contributed by atoms with Crippen molar-refractivity contribution < 1.29 is 13.2 Å². The van der Waals surface area contributed by atoms with Gasteiger partial charge in [0.05, 0.1) is 15.5 Å². The maximum Gasteiger partial charge on any atom is 0.252 e. The van der Waals surface area contributed by atoms with Gasteiger partial charge in [-0.2, -0.15) is 0 Å². The molecule has 0 saturated heterocycles. The molecule has 0 fully saturated rings. The summed E-state index contributed by atoms with van der Waals surface area (Å²) in [6.07, 6.45) is 1.89. The number of hydrogen-bond acceptors (Lipinski definition) is 3. The molecule has 1 N–H and O–H groups in total. The number of nitrogens with one attached hydrogen (secondary N) is 1. The Kier molecular flexibility index (Phi) is 4.54. The number of benzene rings is 1. The molecule has 0 spiro atoms. The Morgan fingerprint density at radius 1 is 1.41 bits per heavy atom. The summed E-state index contributed by atoms with van der Waals surface area (Å²) in [5.41, 5.74) is 0.183. The largest absolute Gasteiger partial charge is 0.352 e. The summed E-state index contributed by atoms with van der Waals surface area (Å²) in [5, 5.41) is 2.89. The van der Waals surface area contributed by atoms with Crippen molar-refractivity contribution in [3.8, 4) is 0 Å². The second-order valence-electron chi connectivity index (χ2n) is 3.67. The maximum atomic E-state index is 11.7. The van der Waals surface area contributed by atoms with Crippen LogP contribution in [0.25, 0.3) is 0 Å². The van der Waals surface area contributed by atoms with Crippen LogP contribution in [-0.2, 0) is 9.84 Å². The number of sulfone groups is 1. The first kappa shape index (κ1) is 14.0. The zero-order valence-electron chi connectivity index (χ0n) is 9.66. The van der Waals surface area contributed by atoms with E-state index in [0.29, 0.717) is 6.54 Å². The van der Waals surface area contributed by atoms with Crippen molar-refractivity contribution in [3.05, 3.63) is 28.8 Å². The quantitative estimate of drug-likeness (QED) is 0.913. The molecule has 6 heteroatoms. The van der Waals surface area contributed by atoms with Gasteiger partial charge in [-0.05, 0) is 24.6 Å². The third-order valence-electron chi connectivity index (χ3n) is 2.15. The van der Waals surface area contributed by atoms with Crippen LogP contribution in [0.2, 0.25) is 5.02 Å². The highest BCUT2D eigenvalue weighted by atomic mass is 35.5. The van der Waals surface area contributed by atoms with E-state index in [2.05, 4.69) is 5.32 Å². The molecule has 0 atom stereocenters. The van der Waals surface area contributed by atoms with E-state index in [-0.39, 0.29) is 21.4 Å². The molecule has 0 aliphatic carbocycles. The lowest BCUT2D eigenvalue weighted by Crippen LogP contribution is -2.24. The van der Waals surface area contributed by atoms with E-state index in [9.17, 15) is 13.2 Å². The molecule has 0 aliphatic rings. The minimum Gasteiger partial charge on any atom is -0.352 e. The zero-order chi connectivity index (χ0) is 13.1. The number of hydrogen-bond donors (Lipinski definition) is 1. The third-order valence-corrected chi connectivity index (χ3v) is 3.59.